The lowest BCUT2D eigenvalue weighted by atomic mass is 10.1. The maximum absolute atomic E-state index is 10.8. The molecule has 2 N–H and O–H groups in total. The monoisotopic (exact) mass is 193 g/mol. The summed E-state index contributed by atoms with van der Waals surface area (Å²) in [6.45, 7) is 0. The smallest absolute Gasteiger partial charge is 0.321 e. The van der Waals surface area contributed by atoms with E-state index in [0.717, 1.165) is 12.0 Å². The quantitative estimate of drug-likeness (QED) is 0.711. The fraction of sp³-hybridized carbons (Fsp3) is 0.364. The van der Waals surface area contributed by atoms with Crippen LogP contribution in [0, 0.1) is 0 Å². The van der Waals surface area contributed by atoms with Crippen molar-refractivity contribution in [2.24, 2.45) is 0 Å². The molecule has 1 unspecified atom stereocenters. The summed E-state index contributed by atoms with van der Waals surface area (Å²) >= 11 is 0. The van der Waals surface area contributed by atoms with Crippen LogP contribution in [-0.2, 0) is 4.79 Å². The molecule has 76 valence electrons. The molecule has 1 atom stereocenters. The number of hydrogen-bond acceptors (Lipinski definition) is 2. The number of aliphatic carboxylic acids is 1. The maximum Gasteiger partial charge on any atom is 0.321 e. The first kappa shape index (κ1) is 10.7. The van der Waals surface area contributed by atoms with Crippen LogP contribution in [0.15, 0.2) is 36.0 Å². The van der Waals surface area contributed by atoms with Gasteiger partial charge in [-0.3, -0.25) is 4.79 Å². The summed E-state index contributed by atoms with van der Waals surface area (Å²) < 4.78 is 0. The van der Waals surface area contributed by atoms with Crippen LogP contribution in [0.5, 0.6) is 0 Å². The Labute approximate surface area is 83.8 Å². The van der Waals surface area contributed by atoms with Gasteiger partial charge < -0.3 is 10.4 Å². The number of carboxylic acids is 1. The van der Waals surface area contributed by atoms with Gasteiger partial charge in [0.25, 0.3) is 0 Å². The standard InChI is InChI=1S/C11H15NO2/c1-12-10(11(13)14)8-9-6-4-2-3-5-7-9/h2,4-7,10,12H,3,8H2,1H3,(H,13,14). The predicted octanol–water partition coefficient (Wildman–Crippen LogP) is 1.49. The van der Waals surface area contributed by atoms with Crippen LogP contribution in [0.3, 0.4) is 0 Å². The van der Waals surface area contributed by atoms with Crippen molar-refractivity contribution >= 4 is 5.97 Å². The molecule has 0 saturated carbocycles. The molecule has 3 heteroatoms. The Kier molecular flexibility index (Phi) is 4.13. The predicted molar refractivity (Wildman–Crippen MR) is 56.1 cm³/mol. The van der Waals surface area contributed by atoms with Crippen LogP contribution in [0.2, 0.25) is 0 Å². The van der Waals surface area contributed by atoms with E-state index in [9.17, 15) is 4.79 Å². The summed E-state index contributed by atoms with van der Waals surface area (Å²) in [5, 5.41) is 11.6. The van der Waals surface area contributed by atoms with Gasteiger partial charge in [-0.15, -0.1) is 0 Å². The highest BCUT2D eigenvalue weighted by Gasteiger charge is 2.15. The van der Waals surface area contributed by atoms with Crippen molar-refractivity contribution in [1.29, 1.82) is 0 Å². The minimum atomic E-state index is -0.810. The first-order valence-electron chi connectivity index (χ1n) is 4.66. The summed E-state index contributed by atoms with van der Waals surface area (Å²) in [7, 11) is 1.66. The second-order valence-electron chi connectivity index (χ2n) is 3.19. The van der Waals surface area contributed by atoms with Gasteiger partial charge in [-0.25, -0.2) is 0 Å². The molecule has 0 fully saturated rings. The van der Waals surface area contributed by atoms with E-state index in [-0.39, 0.29) is 0 Å². The fourth-order valence-corrected chi connectivity index (χ4v) is 1.31. The zero-order valence-electron chi connectivity index (χ0n) is 8.23. The average Bonchev–Trinajstić information content (AvgIpc) is 2.41. The van der Waals surface area contributed by atoms with Crippen molar-refractivity contribution in [3.8, 4) is 0 Å². The second kappa shape index (κ2) is 5.40. The molecule has 0 radical (unpaired) electrons. The molecule has 0 saturated heterocycles. The summed E-state index contributed by atoms with van der Waals surface area (Å²) in [6.07, 6.45) is 11.4. The topological polar surface area (TPSA) is 49.3 Å². The molecule has 0 heterocycles. The van der Waals surface area contributed by atoms with E-state index in [2.05, 4.69) is 5.32 Å². The Bertz CT molecular complexity index is 290. The average molecular weight is 193 g/mol. The maximum atomic E-state index is 10.8. The van der Waals surface area contributed by atoms with Crippen molar-refractivity contribution in [3.05, 3.63) is 36.0 Å². The lowest BCUT2D eigenvalue weighted by Gasteiger charge is -2.10. The lowest BCUT2D eigenvalue weighted by Crippen LogP contribution is -2.33. The Balaban J connectivity index is 2.61. The van der Waals surface area contributed by atoms with Crippen molar-refractivity contribution in [2.75, 3.05) is 7.05 Å². The van der Waals surface area contributed by atoms with Gasteiger partial charge >= 0.3 is 5.97 Å². The van der Waals surface area contributed by atoms with E-state index < -0.39 is 12.0 Å². The molecule has 3 nitrogen and oxygen atoms in total. The molecule has 0 bridgehead atoms. The van der Waals surface area contributed by atoms with Crippen LogP contribution in [0.25, 0.3) is 0 Å². The van der Waals surface area contributed by atoms with E-state index in [4.69, 9.17) is 5.11 Å². The molecule has 0 aromatic heterocycles. The normalized spacial score (nSPS) is 17.4. The van der Waals surface area contributed by atoms with E-state index in [0.29, 0.717) is 6.42 Å². The number of hydrogen-bond donors (Lipinski definition) is 2. The number of nitrogens with one attached hydrogen (secondary N) is 1. The lowest BCUT2D eigenvalue weighted by molar-refractivity contribution is -0.139. The van der Waals surface area contributed by atoms with Gasteiger partial charge in [0.15, 0.2) is 0 Å². The first-order valence-corrected chi connectivity index (χ1v) is 4.66. The van der Waals surface area contributed by atoms with Crippen molar-refractivity contribution in [1.82, 2.24) is 5.32 Å². The minimum Gasteiger partial charge on any atom is -0.480 e. The summed E-state index contributed by atoms with van der Waals surface area (Å²) in [4.78, 5) is 10.8. The third kappa shape index (κ3) is 3.18. The van der Waals surface area contributed by atoms with E-state index in [1.165, 1.54) is 0 Å². The molecule has 0 aromatic carbocycles. The molecule has 0 amide bonds. The Morgan fingerprint density at radius 2 is 2.43 bits per heavy atom. The third-order valence-electron chi connectivity index (χ3n) is 2.14. The van der Waals surface area contributed by atoms with Gasteiger partial charge in [-0.2, -0.15) is 0 Å². The first-order chi connectivity index (χ1) is 6.74. The highest BCUT2D eigenvalue weighted by atomic mass is 16.4. The third-order valence-corrected chi connectivity index (χ3v) is 2.14. The van der Waals surface area contributed by atoms with Gasteiger partial charge in [0, 0.05) is 0 Å². The van der Waals surface area contributed by atoms with Gasteiger partial charge in [-0.05, 0) is 25.5 Å². The molecule has 1 rings (SSSR count). The van der Waals surface area contributed by atoms with Gasteiger partial charge in [0.05, 0.1) is 0 Å². The van der Waals surface area contributed by atoms with Crippen LogP contribution in [0.4, 0.5) is 0 Å². The molecular weight excluding hydrogens is 178 g/mol. The van der Waals surface area contributed by atoms with E-state index in [1.807, 2.05) is 30.4 Å². The van der Waals surface area contributed by atoms with Crippen LogP contribution in [-0.4, -0.2) is 24.2 Å². The van der Waals surface area contributed by atoms with Crippen molar-refractivity contribution in [3.63, 3.8) is 0 Å². The number of allylic oxidation sites excluding steroid dienone is 5. The summed E-state index contributed by atoms with van der Waals surface area (Å²) in [5.41, 5.74) is 1.04. The Morgan fingerprint density at radius 3 is 3.07 bits per heavy atom. The highest BCUT2D eigenvalue weighted by molar-refractivity contribution is 5.74. The zero-order valence-corrected chi connectivity index (χ0v) is 8.23. The largest absolute Gasteiger partial charge is 0.480 e. The van der Waals surface area contributed by atoms with Crippen LogP contribution < -0.4 is 5.32 Å². The molecule has 1 aliphatic rings. The highest BCUT2D eigenvalue weighted by Crippen LogP contribution is 2.11. The van der Waals surface area contributed by atoms with Gasteiger partial charge in [0.2, 0.25) is 0 Å². The summed E-state index contributed by atoms with van der Waals surface area (Å²) in [5.74, 6) is -0.810. The second-order valence-corrected chi connectivity index (χ2v) is 3.19. The summed E-state index contributed by atoms with van der Waals surface area (Å²) in [6, 6.07) is -0.502. The number of carbonyl (C=O) groups is 1. The van der Waals surface area contributed by atoms with Crippen LogP contribution in [0.1, 0.15) is 12.8 Å². The van der Waals surface area contributed by atoms with Gasteiger partial charge in [-0.1, -0.05) is 30.4 Å². The van der Waals surface area contributed by atoms with Crippen molar-refractivity contribution in [2.45, 2.75) is 18.9 Å². The molecule has 1 aliphatic carbocycles. The van der Waals surface area contributed by atoms with E-state index >= 15 is 0 Å². The zero-order chi connectivity index (χ0) is 10.4. The number of rotatable bonds is 4. The number of carboxylic acid groups (broad SMARTS) is 1. The van der Waals surface area contributed by atoms with E-state index in [1.54, 1.807) is 7.05 Å². The molecule has 14 heavy (non-hydrogen) atoms. The molecule has 0 spiro atoms. The molecular formula is C11H15NO2. The van der Waals surface area contributed by atoms with Crippen LogP contribution >= 0.6 is 0 Å². The Morgan fingerprint density at radius 1 is 1.64 bits per heavy atom. The number of likely N-dealkylation sites (N-methyl/N-ethyl adjacent to an activating group) is 1. The van der Waals surface area contributed by atoms with Crippen molar-refractivity contribution < 1.29 is 9.90 Å². The van der Waals surface area contributed by atoms with Gasteiger partial charge in [0.1, 0.15) is 6.04 Å². The Hall–Kier alpha value is -1.35. The SMILES string of the molecule is CNC(CC1=CC=CCC=C1)C(=O)O. The molecule has 0 aromatic rings. The fourth-order valence-electron chi connectivity index (χ4n) is 1.31. The minimum absolute atomic E-state index is 0.502. The molecule has 0 aliphatic heterocycles.